The molecule has 4 aromatic rings. The van der Waals surface area contributed by atoms with Crippen LogP contribution < -0.4 is 19.7 Å². The lowest BCUT2D eigenvalue weighted by molar-refractivity contribution is 0.174. The van der Waals surface area contributed by atoms with E-state index in [9.17, 15) is 0 Å². The molecular weight excluding hydrogens is 458 g/mol. The highest BCUT2D eigenvalue weighted by Gasteiger charge is 2.42. The van der Waals surface area contributed by atoms with Crippen molar-refractivity contribution in [2.24, 2.45) is 0 Å². The molecule has 2 aliphatic rings. The van der Waals surface area contributed by atoms with Crippen LogP contribution >= 0.6 is 12.2 Å². The van der Waals surface area contributed by atoms with E-state index in [1.807, 2.05) is 54.9 Å². The number of nitrogens with one attached hydrogen (secondary N) is 1. The number of fused-ring (bicyclic) bond motifs is 1. The van der Waals surface area contributed by atoms with Crippen LogP contribution in [0.15, 0.2) is 73.2 Å². The Balaban J connectivity index is 1.46. The Morgan fingerprint density at radius 3 is 2.71 bits per heavy atom. The van der Waals surface area contributed by atoms with Crippen molar-refractivity contribution in [3.8, 4) is 11.5 Å². The highest BCUT2D eigenvalue weighted by atomic mass is 32.1. The summed E-state index contributed by atoms with van der Waals surface area (Å²) in [7, 11) is 0. The van der Waals surface area contributed by atoms with Crippen molar-refractivity contribution in [2.75, 3.05) is 11.7 Å². The van der Waals surface area contributed by atoms with Gasteiger partial charge in [0.1, 0.15) is 0 Å². The van der Waals surface area contributed by atoms with E-state index in [2.05, 4.69) is 50.7 Å². The molecule has 1 fully saturated rings. The van der Waals surface area contributed by atoms with E-state index in [0.717, 1.165) is 35.0 Å². The molecule has 0 aliphatic carbocycles. The van der Waals surface area contributed by atoms with Crippen molar-refractivity contribution in [3.05, 3.63) is 101 Å². The van der Waals surface area contributed by atoms with Gasteiger partial charge in [0.25, 0.3) is 0 Å². The van der Waals surface area contributed by atoms with Crippen molar-refractivity contribution in [1.82, 2.24) is 19.9 Å². The molecule has 8 heteroatoms. The molecule has 0 amide bonds. The second-order valence-electron chi connectivity index (χ2n) is 8.81. The summed E-state index contributed by atoms with van der Waals surface area (Å²) in [6, 6.07) is 18.1. The number of hydrogen-bond acceptors (Lipinski definition) is 5. The lowest BCUT2D eigenvalue weighted by Gasteiger charge is -2.28. The van der Waals surface area contributed by atoms with Gasteiger partial charge in [-0.15, -0.1) is 0 Å². The van der Waals surface area contributed by atoms with Crippen molar-refractivity contribution in [1.29, 1.82) is 0 Å². The zero-order chi connectivity index (χ0) is 23.9. The van der Waals surface area contributed by atoms with E-state index in [0.29, 0.717) is 5.11 Å². The maximum atomic E-state index is 5.89. The van der Waals surface area contributed by atoms with Crippen molar-refractivity contribution >= 4 is 23.0 Å². The summed E-state index contributed by atoms with van der Waals surface area (Å²) < 4.78 is 13.5. The smallest absolute Gasteiger partial charge is 0.231 e. The normalized spacial score (nSPS) is 18.7. The molecule has 6 rings (SSSR count). The first-order valence-corrected chi connectivity index (χ1v) is 12.0. The van der Waals surface area contributed by atoms with E-state index in [1.165, 1.54) is 17.0 Å². The zero-order valence-electron chi connectivity index (χ0n) is 19.5. The molecule has 0 bridgehead atoms. The molecule has 5 heterocycles. The van der Waals surface area contributed by atoms with Crippen LogP contribution in [0, 0.1) is 13.8 Å². The lowest BCUT2D eigenvalue weighted by atomic mass is 9.96. The van der Waals surface area contributed by atoms with Gasteiger partial charge < -0.3 is 24.3 Å². The Morgan fingerprint density at radius 2 is 1.91 bits per heavy atom. The van der Waals surface area contributed by atoms with Crippen LogP contribution in [0.5, 0.6) is 11.5 Å². The zero-order valence-corrected chi connectivity index (χ0v) is 20.3. The number of nitrogens with zero attached hydrogens (tertiary/aromatic N) is 4. The minimum atomic E-state index is -0.110. The molecule has 1 N–H and O–H groups in total. The van der Waals surface area contributed by atoms with Gasteiger partial charge in [-0.1, -0.05) is 12.1 Å². The van der Waals surface area contributed by atoms with Crippen molar-refractivity contribution in [2.45, 2.75) is 32.5 Å². The molecule has 2 aliphatic heterocycles. The van der Waals surface area contributed by atoms with Gasteiger partial charge in [0.15, 0.2) is 16.6 Å². The third kappa shape index (κ3) is 3.80. The summed E-state index contributed by atoms with van der Waals surface area (Å²) >= 11 is 5.89. The van der Waals surface area contributed by atoms with E-state index < -0.39 is 0 Å². The third-order valence-corrected chi connectivity index (χ3v) is 7.04. The fourth-order valence-electron chi connectivity index (χ4n) is 5.03. The Kier molecular flexibility index (Phi) is 5.37. The third-order valence-electron chi connectivity index (χ3n) is 6.73. The van der Waals surface area contributed by atoms with Crippen LogP contribution in [0.2, 0.25) is 0 Å². The summed E-state index contributed by atoms with van der Waals surface area (Å²) in [5, 5.41) is 4.20. The molecule has 3 aromatic heterocycles. The molecule has 1 aromatic carbocycles. The van der Waals surface area contributed by atoms with Gasteiger partial charge in [-0.05, 0) is 73.6 Å². The molecule has 7 nitrogen and oxygen atoms in total. The monoisotopic (exact) mass is 483 g/mol. The number of hydrogen-bond donors (Lipinski definition) is 1. The lowest BCUT2D eigenvalue weighted by Crippen LogP contribution is -2.29. The van der Waals surface area contributed by atoms with Crippen molar-refractivity contribution < 1.29 is 9.47 Å². The van der Waals surface area contributed by atoms with Crippen LogP contribution in [0.25, 0.3) is 0 Å². The largest absolute Gasteiger partial charge is 0.454 e. The quantitative estimate of drug-likeness (QED) is 0.407. The van der Waals surface area contributed by atoms with Crippen LogP contribution in [0.1, 0.15) is 40.3 Å². The maximum absolute atomic E-state index is 5.89. The molecule has 0 spiro atoms. The number of thiocarbonyl (C=S) groups is 1. The van der Waals surface area contributed by atoms with E-state index >= 15 is 0 Å². The molecular formula is C27H25N5O2S. The van der Waals surface area contributed by atoms with Gasteiger partial charge in [0.2, 0.25) is 6.79 Å². The highest BCUT2D eigenvalue weighted by Crippen LogP contribution is 2.45. The molecule has 176 valence electrons. The number of aryl methyl sites for hydroxylation is 1. The summed E-state index contributed by atoms with van der Waals surface area (Å²) in [5.41, 5.74) is 6.63. The van der Waals surface area contributed by atoms with E-state index in [1.54, 1.807) is 6.20 Å². The van der Waals surface area contributed by atoms with Gasteiger partial charge >= 0.3 is 0 Å². The average Bonchev–Trinajstić information content (AvgIpc) is 3.56. The van der Waals surface area contributed by atoms with Gasteiger partial charge in [-0.2, -0.15) is 0 Å². The highest BCUT2D eigenvalue weighted by molar-refractivity contribution is 7.80. The van der Waals surface area contributed by atoms with Crippen LogP contribution in [-0.2, 0) is 6.54 Å². The minimum Gasteiger partial charge on any atom is -0.454 e. The summed E-state index contributed by atoms with van der Waals surface area (Å²) in [5.74, 6) is 1.48. The van der Waals surface area contributed by atoms with Gasteiger partial charge in [-0.25, -0.2) is 0 Å². The van der Waals surface area contributed by atoms with Gasteiger partial charge in [-0.3, -0.25) is 9.97 Å². The molecule has 35 heavy (non-hydrogen) atoms. The number of pyridine rings is 2. The van der Waals surface area contributed by atoms with Gasteiger partial charge in [0, 0.05) is 48.3 Å². The second-order valence-corrected chi connectivity index (χ2v) is 9.19. The Labute approximate surface area is 209 Å². The first-order valence-electron chi connectivity index (χ1n) is 11.6. The van der Waals surface area contributed by atoms with Crippen LogP contribution in [-0.4, -0.2) is 26.4 Å². The number of aromatic nitrogens is 3. The topological polar surface area (TPSA) is 64.4 Å². The fraction of sp³-hybridized carbons (Fsp3) is 0.222. The SMILES string of the molecule is Cc1cc([C@H]2[C@H](c3ccccn3)NC(=S)N2c2ccc3c(c2)OCO3)c(C)n1Cc1cccnc1. The van der Waals surface area contributed by atoms with E-state index in [-0.39, 0.29) is 18.9 Å². The molecule has 0 unspecified atom stereocenters. The second kappa shape index (κ2) is 8.70. The maximum Gasteiger partial charge on any atom is 0.231 e. The molecule has 1 saturated heterocycles. The average molecular weight is 484 g/mol. The summed E-state index contributed by atoms with van der Waals surface area (Å²) in [4.78, 5) is 11.1. The Hall–Kier alpha value is -3.91. The number of ether oxygens (including phenoxy) is 2. The minimum absolute atomic E-state index is 0.0911. The predicted octanol–water partition coefficient (Wildman–Crippen LogP) is 4.85. The first kappa shape index (κ1) is 21.6. The molecule has 0 radical (unpaired) electrons. The predicted molar refractivity (Wildman–Crippen MR) is 138 cm³/mol. The van der Waals surface area contributed by atoms with Crippen LogP contribution in [0.3, 0.4) is 0 Å². The Morgan fingerprint density at radius 1 is 1.03 bits per heavy atom. The standard InChI is InChI=1S/C27H25N5O2S/c1-17-12-21(18(2)31(17)15-19-6-5-10-28-14-19)26-25(22-7-3-4-11-29-22)30-27(35)32(26)20-8-9-23-24(13-20)34-16-33-23/h3-14,25-26H,15-16H2,1-2H3,(H,30,35)/t25-,26-/m0/s1. The Bertz CT molecular complexity index is 1390. The van der Waals surface area contributed by atoms with Gasteiger partial charge in [0.05, 0.1) is 17.8 Å². The number of benzene rings is 1. The molecule has 0 saturated carbocycles. The van der Waals surface area contributed by atoms with Crippen molar-refractivity contribution in [3.63, 3.8) is 0 Å². The summed E-state index contributed by atoms with van der Waals surface area (Å²) in [6.45, 7) is 5.31. The first-order chi connectivity index (χ1) is 17.1. The fourth-order valence-corrected chi connectivity index (χ4v) is 5.37. The number of anilines is 1. The summed E-state index contributed by atoms with van der Waals surface area (Å²) in [6.07, 6.45) is 5.54. The molecule has 2 atom stereocenters. The number of rotatable bonds is 5. The van der Waals surface area contributed by atoms with E-state index in [4.69, 9.17) is 21.7 Å². The van der Waals surface area contributed by atoms with Crippen LogP contribution in [0.4, 0.5) is 5.69 Å².